The molecule has 0 saturated carbocycles. The number of rotatable bonds is 6. The van der Waals surface area contributed by atoms with E-state index in [2.05, 4.69) is 5.10 Å². The van der Waals surface area contributed by atoms with Crippen LogP contribution in [-0.2, 0) is 16.1 Å². The first kappa shape index (κ1) is 26.0. The molecule has 2 aromatic carbocycles. The predicted octanol–water partition coefficient (Wildman–Crippen LogP) is 2.61. The molecular weight excluding hydrogens is 479 g/mol. The Kier molecular flexibility index (Phi) is 7.66. The number of halogens is 1. The van der Waals surface area contributed by atoms with E-state index in [1.54, 1.807) is 25.1 Å². The molecule has 0 spiro atoms. The van der Waals surface area contributed by atoms with Crippen molar-refractivity contribution < 1.29 is 18.7 Å². The number of amides is 1. The summed E-state index contributed by atoms with van der Waals surface area (Å²) in [5.74, 6) is -1.74. The van der Waals surface area contributed by atoms with Crippen molar-refractivity contribution in [3.8, 4) is 5.69 Å². The van der Waals surface area contributed by atoms with Crippen LogP contribution in [0.15, 0.2) is 52.1 Å². The lowest BCUT2D eigenvalue weighted by Crippen LogP contribution is -2.48. The molecule has 1 amide bonds. The fourth-order valence-electron chi connectivity index (χ4n) is 4.36. The number of carbonyl (C=O) groups excluding carboxylic acids is 2. The molecule has 1 aliphatic rings. The van der Waals surface area contributed by atoms with Crippen molar-refractivity contribution in [2.24, 2.45) is 5.92 Å². The van der Waals surface area contributed by atoms with Crippen LogP contribution < -0.4 is 11.2 Å². The molecule has 1 aliphatic heterocycles. The van der Waals surface area contributed by atoms with Crippen molar-refractivity contribution in [3.05, 3.63) is 91.5 Å². The molecule has 0 bridgehead atoms. The average Bonchev–Trinajstić information content (AvgIpc) is 2.88. The van der Waals surface area contributed by atoms with Crippen LogP contribution in [0.4, 0.5) is 4.39 Å². The zero-order chi connectivity index (χ0) is 26.7. The molecule has 194 valence electrons. The summed E-state index contributed by atoms with van der Waals surface area (Å²) >= 11 is 0. The molecule has 0 radical (unpaired) electrons. The molecule has 3 aromatic rings. The number of carbonyl (C=O) groups is 2. The molecule has 37 heavy (non-hydrogen) atoms. The van der Waals surface area contributed by atoms with Gasteiger partial charge in [0.1, 0.15) is 5.82 Å². The quantitative estimate of drug-likeness (QED) is 0.474. The van der Waals surface area contributed by atoms with Crippen molar-refractivity contribution in [2.75, 3.05) is 19.7 Å². The van der Waals surface area contributed by atoms with Gasteiger partial charge in [-0.25, -0.2) is 9.18 Å². The highest BCUT2D eigenvalue weighted by Gasteiger charge is 2.31. The Morgan fingerprint density at radius 3 is 2.43 bits per heavy atom. The van der Waals surface area contributed by atoms with Crippen LogP contribution in [0, 0.1) is 25.6 Å². The summed E-state index contributed by atoms with van der Waals surface area (Å²) in [5, 5.41) is 4.21. The lowest BCUT2D eigenvalue weighted by atomic mass is 9.97. The lowest BCUT2D eigenvalue weighted by Gasteiger charge is -2.30. The number of hydrogen-bond donors (Lipinski definition) is 0. The van der Waals surface area contributed by atoms with E-state index in [4.69, 9.17) is 4.74 Å². The highest BCUT2D eigenvalue weighted by Crippen LogP contribution is 2.20. The van der Waals surface area contributed by atoms with Gasteiger partial charge < -0.3 is 9.64 Å². The zero-order valence-electron chi connectivity index (χ0n) is 21.1. The summed E-state index contributed by atoms with van der Waals surface area (Å²) < 4.78 is 20.8. The number of nitrogens with zero attached hydrogens (tertiary/aromatic N) is 4. The van der Waals surface area contributed by atoms with E-state index in [-0.39, 0.29) is 38.1 Å². The van der Waals surface area contributed by atoms with E-state index >= 15 is 0 Å². The Labute approximate surface area is 213 Å². The third-order valence-corrected chi connectivity index (χ3v) is 6.63. The third-order valence-electron chi connectivity index (χ3n) is 6.63. The van der Waals surface area contributed by atoms with Gasteiger partial charge in [0, 0.05) is 13.1 Å². The highest BCUT2D eigenvalue weighted by molar-refractivity contribution is 5.92. The third kappa shape index (κ3) is 5.52. The van der Waals surface area contributed by atoms with Crippen LogP contribution in [-0.4, -0.2) is 50.8 Å². The van der Waals surface area contributed by atoms with Gasteiger partial charge in [-0.3, -0.25) is 19.0 Å². The summed E-state index contributed by atoms with van der Waals surface area (Å²) in [6.45, 7) is 6.09. The van der Waals surface area contributed by atoms with Gasteiger partial charge in [-0.1, -0.05) is 18.2 Å². The van der Waals surface area contributed by atoms with Crippen LogP contribution in [0.3, 0.4) is 0 Å². The summed E-state index contributed by atoms with van der Waals surface area (Å²) in [7, 11) is 0. The molecule has 4 rings (SSSR count). The minimum Gasteiger partial charge on any atom is -0.466 e. The average molecular weight is 509 g/mol. The van der Waals surface area contributed by atoms with E-state index in [1.807, 2.05) is 19.9 Å². The summed E-state index contributed by atoms with van der Waals surface area (Å²) in [6.07, 6.45) is 0.803. The van der Waals surface area contributed by atoms with Crippen LogP contribution in [0.5, 0.6) is 0 Å². The molecule has 1 saturated heterocycles. The normalized spacial score (nSPS) is 14.0. The predicted molar refractivity (Wildman–Crippen MR) is 134 cm³/mol. The fourth-order valence-corrected chi connectivity index (χ4v) is 4.36. The van der Waals surface area contributed by atoms with Crippen molar-refractivity contribution >= 4 is 11.9 Å². The smallest absolute Gasteiger partial charge is 0.352 e. The molecule has 0 unspecified atom stereocenters. The van der Waals surface area contributed by atoms with Gasteiger partial charge in [-0.2, -0.15) is 9.78 Å². The first-order valence-electron chi connectivity index (χ1n) is 12.2. The van der Waals surface area contributed by atoms with Gasteiger partial charge in [0.15, 0.2) is 0 Å². The van der Waals surface area contributed by atoms with Crippen LogP contribution in [0.1, 0.15) is 46.9 Å². The summed E-state index contributed by atoms with van der Waals surface area (Å²) in [4.78, 5) is 53.8. The Bertz CT molecular complexity index is 1450. The summed E-state index contributed by atoms with van der Waals surface area (Å²) in [6, 6.07) is 10.8. The molecule has 1 aromatic heterocycles. The van der Waals surface area contributed by atoms with Crippen LogP contribution in [0.25, 0.3) is 5.69 Å². The van der Waals surface area contributed by atoms with E-state index in [1.165, 1.54) is 23.1 Å². The maximum Gasteiger partial charge on any atom is 0.352 e. The lowest BCUT2D eigenvalue weighted by molar-refractivity contribution is -0.149. The van der Waals surface area contributed by atoms with Gasteiger partial charge in [-0.05, 0) is 74.6 Å². The van der Waals surface area contributed by atoms with E-state index in [0.717, 1.165) is 20.4 Å². The molecular formula is C27H29FN4O5. The minimum atomic E-state index is -0.855. The van der Waals surface area contributed by atoms with Gasteiger partial charge in [-0.15, -0.1) is 0 Å². The minimum absolute atomic E-state index is 0.228. The Hall–Kier alpha value is -4.08. The highest BCUT2D eigenvalue weighted by atomic mass is 19.1. The monoisotopic (exact) mass is 508 g/mol. The first-order valence-corrected chi connectivity index (χ1v) is 12.2. The molecule has 0 aliphatic carbocycles. The molecule has 9 nitrogen and oxygen atoms in total. The van der Waals surface area contributed by atoms with Gasteiger partial charge in [0.05, 0.1) is 24.8 Å². The number of piperidine rings is 1. The van der Waals surface area contributed by atoms with E-state index < -0.39 is 28.7 Å². The molecule has 2 heterocycles. The van der Waals surface area contributed by atoms with Crippen molar-refractivity contribution in [1.29, 1.82) is 0 Å². The molecule has 0 atom stereocenters. The maximum absolute atomic E-state index is 13.8. The number of esters is 1. The number of benzene rings is 2. The van der Waals surface area contributed by atoms with Crippen LogP contribution >= 0.6 is 0 Å². The van der Waals surface area contributed by atoms with E-state index in [0.29, 0.717) is 24.1 Å². The second-order valence-electron chi connectivity index (χ2n) is 9.15. The Balaban J connectivity index is 1.75. The van der Waals surface area contributed by atoms with E-state index in [9.17, 15) is 23.6 Å². The molecule has 0 N–H and O–H groups in total. The Morgan fingerprint density at radius 1 is 1.05 bits per heavy atom. The largest absolute Gasteiger partial charge is 0.466 e. The van der Waals surface area contributed by atoms with Gasteiger partial charge >= 0.3 is 11.7 Å². The second kappa shape index (κ2) is 10.9. The number of aryl methyl sites for hydroxylation is 2. The summed E-state index contributed by atoms with van der Waals surface area (Å²) in [5.41, 5.74) is 0.696. The topological polar surface area (TPSA) is 104 Å². The number of likely N-dealkylation sites (tertiary alicyclic amines) is 1. The van der Waals surface area contributed by atoms with Crippen molar-refractivity contribution in [3.63, 3.8) is 0 Å². The second-order valence-corrected chi connectivity index (χ2v) is 9.15. The van der Waals surface area contributed by atoms with Gasteiger partial charge in [0.2, 0.25) is 5.69 Å². The van der Waals surface area contributed by atoms with Crippen molar-refractivity contribution in [1.82, 2.24) is 19.2 Å². The number of ether oxygens (including phenoxy) is 1. The zero-order valence-corrected chi connectivity index (χ0v) is 21.1. The number of aromatic nitrogens is 3. The number of hydrogen-bond acceptors (Lipinski definition) is 6. The van der Waals surface area contributed by atoms with Crippen LogP contribution in [0.2, 0.25) is 0 Å². The first-order chi connectivity index (χ1) is 17.7. The molecule has 1 fully saturated rings. The molecule has 10 heteroatoms. The van der Waals surface area contributed by atoms with Gasteiger partial charge in [0.25, 0.3) is 11.5 Å². The maximum atomic E-state index is 13.8. The van der Waals surface area contributed by atoms with Crippen molar-refractivity contribution in [2.45, 2.75) is 40.2 Å². The SMILES string of the molecule is CCOC(=O)C1CCN(C(=O)c2nn(-c3ccc(C)c(C)c3)c(=O)n(Cc3cccc(F)c3)c2=O)CC1. The fraction of sp³-hybridized carbons (Fsp3) is 0.370. The Morgan fingerprint density at radius 2 is 1.78 bits per heavy atom. The standard InChI is InChI=1S/C27H29FN4O5/c1-4-37-26(35)20-10-12-30(13-11-20)24(33)23-25(34)31(16-19-6-5-7-21(28)15-19)27(36)32(29-23)22-9-8-17(2)18(3)14-22/h5-9,14-15,20H,4,10-13,16H2,1-3H3.